The second kappa shape index (κ2) is 10.3. The van der Waals surface area contributed by atoms with Crippen molar-refractivity contribution in [3.63, 3.8) is 0 Å². The third-order valence-corrected chi connectivity index (χ3v) is 6.70. The standard InChI is InChI=1S/C23H34FN7O/c1-32-20-12-11-17(13-18(20)24)31(16-8-4-2-3-5-9-16)23-29-21(26)28-22(30-23)27-14-15-7-6-10-19(15)25/h11-13,15-16,19H,2-10,14,25H2,1H3,(H3,26,27,28,29,30). The molecule has 1 heterocycles. The molecule has 2 aliphatic carbocycles. The number of nitrogens with one attached hydrogen (secondary N) is 1. The number of nitrogens with zero attached hydrogens (tertiary/aromatic N) is 4. The molecular formula is C23H34FN7O. The van der Waals surface area contributed by atoms with Gasteiger partial charge in [-0.25, -0.2) is 4.39 Å². The van der Waals surface area contributed by atoms with Crippen LogP contribution in [0, 0.1) is 11.7 Å². The maximum atomic E-state index is 14.6. The van der Waals surface area contributed by atoms with Crippen LogP contribution >= 0.6 is 0 Å². The molecule has 1 aromatic heterocycles. The highest BCUT2D eigenvalue weighted by Crippen LogP contribution is 2.34. The summed E-state index contributed by atoms with van der Waals surface area (Å²) in [5.41, 5.74) is 13.0. The number of hydrogen-bond donors (Lipinski definition) is 3. The first-order chi connectivity index (χ1) is 15.5. The highest BCUT2D eigenvalue weighted by Gasteiger charge is 2.27. The van der Waals surface area contributed by atoms with Crippen molar-refractivity contribution in [3.8, 4) is 5.75 Å². The Balaban J connectivity index is 1.65. The lowest BCUT2D eigenvalue weighted by atomic mass is 10.1. The molecule has 8 nitrogen and oxygen atoms in total. The second-order valence-electron chi connectivity index (χ2n) is 8.89. The monoisotopic (exact) mass is 443 g/mol. The fourth-order valence-electron chi connectivity index (χ4n) is 4.92. The van der Waals surface area contributed by atoms with Gasteiger partial charge in [-0.2, -0.15) is 15.0 Å². The maximum Gasteiger partial charge on any atom is 0.236 e. The summed E-state index contributed by atoms with van der Waals surface area (Å²) in [6, 6.07) is 5.32. The van der Waals surface area contributed by atoms with Gasteiger partial charge in [0.15, 0.2) is 11.6 Å². The van der Waals surface area contributed by atoms with E-state index in [1.165, 1.54) is 26.0 Å². The van der Waals surface area contributed by atoms with E-state index in [9.17, 15) is 4.39 Å². The summed E-state index contributed by atoms with van der Waals surface area (Å²) in [6.07, 6.45) is 9.91. The van der Waals surface area contributed by atoms with Crippen LogP contribution in [0.3, 0.4) is 0 Å². The first-order valence-electron chi connectivity index (χ1n) is 11.7. The van der Waals surface area contributed by atoms with Crippen LogP contribution in [-0.2, 0) is 0 Å². The van der Waals surface area contributed by atoms with E-state index >= 15 is 0 Å². The maximum absolute atomic E-state index is 14.6. The van der Waals surface area contributed by atoms with Crippen LogP contribution in [0.15, 0.2) is 18.2 Å². The van der Waals surface area contributed by atoms with Crippen LogP contribution in [0.5, 0.6) is 5.75 Å². The highest BCUT2D eigenvalue weighted by atomic mass is 19.1. The van der Waals surface area contributed by atoms with Gasteiger partial charge in [-0.05, 0) is 43.7 Å². The minimum atomic E-state index is -0.417. The van der Waals surface area contributed by atoms with Crippen LogP contribution in [0.25, 0.3) is 0 Å². The fraction of sp³-hybridized carbons (Fsp3) is 0.609. The molecule has 5 N–H and O–H groups in total. The SMILES string of the molecule is COc1ccc(N(c2nc(N)nc(NCC3CCCC3N)n2)C2CCCCCC2)cc1F. The molecule has 2 aliphatic rings. The Morgan fingerprint density at radius 3 is 2.50 bits per heavy atom. The molecule has 0 radical (unpaired) electrons. The Bertz CT molecular complexity index is 904. The van der Waals surface area contributed by atoms with Gasteiger partial charge in [-0.1, -0.05) is 32.1 Å². The summed E-state index contributed by atoms with van der Waals surface area (Å²) < 4.78 is 19.7. The fourth-order valence-corrected chi connectivity index (χ4v) is 4.92. The number of rotatable bonds is 7. The molecule has 1 aromatic carbocycles. The minimum absolute atomic E-state index is 0.140. The largest absolute Gasteiger partial charge is 0.494 e. The topological polar surface area (TPSA) is 115 Å². The number of anilines is 4. The lowest BCUT2D eigenvalue weighted by molar-refractivity contribution is 0.386. The molecule has 0 aliphatic heterocycles. The summed E-state index contributed by atoms with van der Waals surface area (Å²) in [6.45, 7) is 0.699. The molecular weight excluding hydrogens is 409 g/mol. The molecule has 2 unspecified atom stereocenters. The van der Waals surface area contributed by atoms with Gasteiger partial charge < -0.3 is 26.4 Å². The molecule has 32 heavy (non-hydrogen) atoms. The Labute approximate surface area is 189 Å². The Morgan fingerprint density at radius 1 is 1.06 bits per heavy atom. The van der Waals surface area contributed by atoms with Crippen LogP contribution < -0.4 is 26.4 Å². The van der Waals surface area contributed by atoms with E-state index in [1.54, 1.807) is 6.07 Å². The molecule has 2 fully saturated rings. The van der Waals surface area contributed by atoms with E-state index in [-0.39, 0.29) is 23.8 Å². The molecule has 0 bridgehead atoms. The predicted octanol–water partition coefficient (Wildman–Crippen LogP) is 4.00. The van der Waals surface area contributed by atoms with Crippen LogP contribution in [0.1, 0.15) is 57.8 Å². The van der Waals surface area contributed by atoms with Gasteiger partial charge in [0.05, 0.1) is 7.11 Å². The van der Waals surface area contributed by atoms with Crippen molar-refractivity contribution in [1.82, 2.24) is 15.0 Å². The Hall–Kier alpha value is -2.68. The van der Waals surface area contributed by atoms with Crippen molar-refractivity contribution in [2.24, 2.45) is 11.7 Å². The molecule has 2 atom stereocenters. The van der Waals surface area contributed by atoms with E-state index in [2.05, 4.69) is 15.3 Å². The Morgan fingerprint density at radius 2 is 1.84 bits per heavy atom. The van der Waals surface area contributed by atoms with Crippen LogP contribution in [0.4, 0.5) is 27.9 Å². The molecule has 2 aromatic rings. The average molecular weight is 444 g/mol. The zero-order chi connectivity index (χ0) is 22.5. The molecule has 9 heteroatoms. The number of aromatic nitrogens is 3. The third-order valence-electron chi connectivity index (χ3n) is 6.70. The van der Waals surface area contributed by atoms with Gasteiger partial charge >= 0.3 is 0 Å². The van der Waals surface area contributed by atoms with E-state index in [4.69, 9.17) is 21.2 Å². The molecule has 0 amide bonds. The second-order valence-corrected chi connectivity index (χ2v) is 8.89. The predicted molar refractivity (Wildman–Crippen MR) is 125 cm³/mol. The molecule has 0 spiro atoms. The average Bonchev–Trinajstić information content (AvgIpc) is 3.01. The summed E-state index contributed by atoms with van der Waals surface area (Å²) in [5.74, 6) is 1.19. The van der Waals surface area contributed by atoms with Crippen molar-refractivity contribution in [1.29, 1.82) is 0 Å². The highest BCUT2D eigenvalue weighted by molar-refractivity contribution is 5.61. The number of methoxy groups -OCH3 is 1. The number of benzene rings is 1. The molecule has 2 saturated carbocycles. The van der Waals surface area contributed by atoms with E-state index in [0.717, 1.165) is 44.9 Å². The first-order valence-corrected chi connectivity index (χ1v) is 11.7. The normalized spacial score (nSPS) is 21.8. The lowest BCUT2D eigenvalue weighted by Gasteiger charge is -2.31. The molecule has 174 valence electrons. The van der Waals surface area contributed by atoms with Crippen molar-refractivity contribution in [2.45, 2.75) is 69.9 Å². The van der Waals surface area contributed by atoms with Gasteiger partial charge in [-0.15, -0.1) is 0 Å². The summed E-state index contributed by atoms with van der Waals surface area (Å²) in [5, 5.41) is 3.31. The summed E-state index contributed by atoms with van der Waals surface area (Å²) in [7, 11) is 1.46. The van der Waals surface area contributed by atoms with E-state index in [1.807, 2.05) is 11.0 Å². The van der Waals surface area contributed by atoms with Gasteiger partial charge in [0, 0.05) is 30.4 Å². The minimum Gasteiger partial charge on any atom is -0.494 e. The Kier molecular flexibility index (Phi) is 7.24. The van der Waals surface area contributed by atoms with Crippen molar-refractivity contribution in [3.05, 3.63) is 24.0 Å². The number of hydrogen-bond acceptors (Lipinski definition) is 8. The third kappa shape index (κ3) is 5.20. The van der Waals surface area contributed by atoms with Crippen molar-refractivity contribution >= 4 is 23.5 Å². The molecule has 4 rings (SSSR count). The smallest absolute Gasteiger partial charge is 0.236 e. The number of halogens is 1. The van der Waals surface area contributed by atoms with Crippen molar-refractivity contribution in [2.75, 3.05) is 29.6 Å². The van der Waals surface area contributed by atoms with Gasteiger partial charge in [0.2, 0.25) is 17.8 Å². The van der Waals surface area contributed by atoms with Crippen LogP contribution in [0.2, 0.25) is 0 Å². The number of nitrogen functional groups attached to an aromatic ring is 1. The lowest BCUT2D eigenvalue weighted by Crippen LogP contribution is -2.33. The van der Waals surface area contributed by atoms with Gasteiger partial charge in [0.1, 0.15) is 0 Å². The first kappa shape index (κ1) is 22.5. The van der Waals surface area contributed by atoms with Crippen molar-refractivity contribution < 1.29 is 9.13 Å². The quantitative estimate of drug-likeness (QED) is 0.550. The summed E-state index contributed by atoms with van der Waals surface area (Å²) in [4.78, 5) is 15.4. The van der Waals surface area contributed by atoms with E-state index < -0.39 is 5.82 Å². The zero-order valence-corrected chi connectivity index (χ0v) is 18.8. The van der Waals surface area contributed by atoms with Gasteiger partial charge in [0.25, 0.3) is 0 Å². The zero-order valence-electron chi connectivity index (χ0n) is 18.8. The molecule has 0 saturated heterocycles. The van der Waals surface area contributed by atoms with Crippen LogP contribution in [-0.4, -0.2) is 40.7 Å². The number of nitrogens with two attached hydrogens (primary N) is 2. The summed E-state index contributed by atoms with van der Waals surface area (Å²) >= 11 is 0. The van der Waals surface area contributed by atoms with E-state index in [0.29, 0.717) is 30.0 Å². The number of ether oxygens (including phenoxy) is 1. The van der Waals surface area contributed by atoms with Gasteiger partial charge in [-0.3, -0.25) is 0 Å².